The van der Waals surface area contributed by atoms with Gasteiger partial charge < -0.3 is 15.2 Å². The highest BCUT2D eigenvalue weighted by molar-refractivity contribution is 5.36. The van der Waals surface area contributed by atoms with Crippen LogP contribution in [0.15, 0.2) is 18.2 Å². The summed E-state index contributed by atoms with van der Waals surface area (Å²) in [4.78, 5) is 0. The molecule has 1 aromatic rings. The van der Waals surface area contributed by atoms with Gasteiger partial charge in [-0.05, 0) is 37.0 Å². The number of nitrogens with one attached hydrogen (secondary N) is 1. The van der Waals surface area contributed by atoms with Crippen molar-refractivity contribution in [2.75, 3.05) is 13.7 Å². The lowest BCUT2D eigenvalue weighted by Crippen LogP contribution is -2.33. The molecule has 2 N–H and O–H groups in total. The van der Waals surface area contributed by atoms with E-state index >= 15 is 0 Å². The number of aryl methyl sites for hydroxylation is 1. The summed E-state index contributed by atoms with van der Waals surface area (Å²) in [6, 6.07) is 6.49. The average molecular weight is 237 g/mol. The highest BCUT2D eigenvalue weighted by Crippen LogP contribution is 2.18. The zero-order chi connectivity index (χ0) is 12.8. The van der Waals surface area contributed by atoms with Gasteiger partial charge in [0.05, 0.1) is 7.11 Å². The summed E-state index contributed by atoms with van der Waals surface area (Å²) in [6.07, 6.45) is 0. The molecular weight excluding hydrogens is 214 g/mol. The molecule has 0 radical (unpaired) electrons. The minimum Gasteiger partial charge on any atom is -0.496 e. The van der Waals surface area contributed by atoms with Gasteiger partial charge in [-0.3, -0.25) is 0 Å². The molecule has 0 aliphatic rings. The molecule has 2 unspecified atom stereocenters. The van der Waals surface area contributed by atoms with Crippen molar-refractivity contribution in [1.82, 2.24) is 5.32 Å². The molecular formula is C14H23NO2. The summed E-state index contributed by atoms with van der Waals surface area (Å²) in [7, 11) is 1.69. The number of methoxy groups -OCH3 is 1. The van der Waals surface area contributed by atoms with Gasteiger partial charge in [-0.25, -0.2) is 0 Å². The van der Waals surface area contributed by atoms with Crippen molar-refractivity contribution in [3.05, 3.63) is 29.3 Å². The molecule has 0 fully saturated rings. The Kier molecular flexibility index (Phi) is 5.45. The van der Waals surface area contributed by atoms with Crippen molar-refractivity contribution >= 4 is 0 Å². The van der Waals surface area contributed by atoms with Crippen LogP contribution in [0.3, 0.4) is 0 Å². The lowest BCUT2D eigenvalue weighted by atomic mass is 10.0. The molecule has 96 valence electrons. The summed E-state index contributed by atoms with van der Waals surface area (Å²) < 4.78 is 5.23. The number of hydrogen-bond acceptors (Lipinski definition) is 3. The number of hydrogen-bond donors (Lipinski definition) is 2. The van der Waals surface area contributed by atoms with Crippen molar-refractivity contribution < 1.29 is 9.84 Å². The Hall–Kier alpha value is -1.06. The molecule has 0 aromatic heterocycles. The Morgan fingerprint density at radius 3 is 2.59 bits per heavy atom. The molecule has 0 bridgehead atoms. The second-order valence-corrected chi connectivity index (χ2v) is 4.63. The van der Waals surface area contributed by atoms with Crippen molar-refractivity contribution in [2.45, 2.75) is 33.4 Å². The first-order chi connectivity index (χ1) is 8.08. The quantitative estimate of drug-likeness (QED) is 0.796. The Balaban J connectivity index is 2.55. The fourth-order valence-electron chi connectivity index (χ4n) is 1.69. The average Bonchev–Trinajstić information content (AvgIpc) is 2.35. The van der Waals surface area contributed by atoms with Gasteiger partial charge in [0.1, 0.15) is 5.75 Å². The third-order valence-corrected chi connectivity index (χ3v) is 3.23. The minimum absolute atomic E-state index is 0.218. The van der Waals surface area contributed by atoms with E-state index in [2.05, 4.69) is 24.4 Å². The third-order valence-electron chi connectivity index (χ3n) is 3.23. The zero-order valence-electron chi connectivity index (χ0n) is 11.2. The van der Waals surface area contributed by atoms with Crippen LogP contribution in [0, 0.1) is 12.8 Å². The van der Waals surface area contributed by atoms with Crippen LogP contribution < -0.4 is 10.1 Å². The molecule has 0 aliphatic heterocycles. The van der Waals surface area contributed by atoms with E-state index in [0.717, 1.165) is 17.9 Å². The van der Waals surface area contributed by atoms with Gasteiger partial charge in [0, 0.05) is 19.2 Å². The Bertz CT molecular complexity index is 352. The van der Waals surface area contributed by atoms with Crippen molar-refractivity contribution in [3.63, 3.8) is 0 Å². The van der Waals surface area contributed by atoms with Crippen LogP contribution in [-0.2, 0) is 6.54 Å². The predicted molar refractivity (Wildman–Crippen MR) is 70.3 cm³/mol. The SMILES string of the molecule is COc1ccc(CNC(C)C(C)CO)cc1C. The molecule has 1 rings (SSSR count). The molecule has 3 nitrogen and oxygen atoms in total. The number of aliphatic hydroxyl groups is 1. The topological polar surface area (TPSA) is 41.5 Å². The van der Waals surface area contributed by atoms with E-state index in [1.165, 1.54) is 5.56 Å². The molecule has 17 heavy (non-hydrogen) atoms. The Morgan fingerprint density at radius 1 is 1.35 bits per heavy atom. The third kappa shape index (κ3) is 4.02. The standard InChI is InChI=1S/C14H23NO2/c1-10-7-13(5-6-14(10)17-4)8-15-12(3)11(2)9-16/h5-7,11-12,15-16H,8-9H2,1-4H3. The maximum Gasteiger partial charge on any atom is 0.121 e. The van der Waals surface area contributed by atoms with Gasteiger partial charge >= 0.3 is 0 Å². The van der Waals surface area contributed by atoms with E-state index in [1.54, 1.807) is 7.11 Å². The minimum atomic E-state index is 0.218. The Labute approximate surface area is 104 Å². The van der Waals surface area contributed by atoms with Crippen LogP contribution in [0.1, 0.15) is 25.0 Å². The van der Waals surface area contributed by atoms with Crippen LogP contribution >= 0.6 is 0 Å². The fraction of sp³-hybridized carbons (Fsp3) is 0.571. The van der Waals surface area contributed by atoms with Gasteiger partial charge in [0.25, 0.3) is 0 Å². The van der Waals surface area contributed by atoms with E-state index in [0.29, 0.717) is 6.04 Å². The summed E-state index contributed by atoms with van der Waals surface area (Å²) in [6.45, 7) is 7.21. The van der Waals surface area contributed by atoms with Crippen LogP contribution in [-0.4, -0.2) is 24.9 Å². The monoisotopic (exact) mass is 237 g/mol. The van der Waals surface area contributed by atoms with Gasteiger partial charge in [0.15, 0.2) is 0 Å². The van der Waals surface area contributed by atoms with E-state index in [1.807, 2.05) is 19.9 Å². The normalized spacial score (nSPS) is 14.4. The lowest BCUT2D eigenvalue weighted by Gasteiger charge is -2.19. The molecule has 1 aromatic carbocycles. The largest absolute Gasteiger partial charge is 0.496 e. The number of rotatable bonds is 6. The molecule has 0 saturated carbocycles. The van der Waals surface area contributed by atoms with Crippen LogP contribution in [0.5, 0.6) is 5.75 Å². The second kappa shape index (κ2) is 6.62. The highest BCUT2D eigenvalue weighted by atomic mass is 16.5. The maximum absolute atomic E-state index is 9.06. The first-order valence-electron chi connectivity index (χ1n) is 6.06. The van der Waals surface area contributed by atoms with Gasteiger partial charge in [-0.15, -0.1) is 0 Å². The molecule has 0 aliphatic carbocycles. The van der Waals surface area contributed by atoms with Crippen LogP contribution in [0.2, 0.25) is 0 Å². The van der Waals surface area contributed by atoms with Gasteiger partial charge in [-0.2, -0.15) is 0 Å². The summed E-state index contributed by atoms with van der Waals surface area (Å²) >= 11 is 0. The number of ether oxygens (including phenoxy) is 1. The van der Waals surface area contributed by atoms with E-state index in [-0.39, 0.29) is 12.5 Å². The summed E-state index contributed by atoms with van der Waals surface area (Å²) in [5.74, 6) is 1.19. The van der Waals surface area contributed by atoms with Crippen LogP contribution in [0.4, 0.5) is 0 Å². The number of aliphatic hydroxyl groups excluding tert-OH is 1. The first kappa shape index (κ1) is 14.0. The molecule has 0 saturated heterocycles. The highest BCUT2D eigenvalue weighted by Gasteiger charge is 2.10. The fourth-order valence-corrected chi connectivity index (χ4v) is 1.69. The second-order valence-electron chi connectivity index (χ2n) is 4.63. The molecule has 0 heterocycles. The predicted octanol–water partition coefficient (Wildman–Crippen LogP) is 2.11. The maximum atomic E-state index is 9.06. The molecule has 0 amide bonds. The first-order valence-corrected chi connectivity index (χ1v) is 6.06. The van der Waals surface area contributed by atoms with Gasteiger partial charge in [-0.1, -0.05) is 19.1 Å². The zero-order valence-corrected chi connectivity index (χ0v) is 11.2. The smallest absolute Gasteiger partial charge is 0.121 e. The lowest BCUT2D eigenvalue weighted by molar-refractivity contribution is 0.207. The number of benzene rings is 1. The molecule has 3 heteroatoms. The van der Waals surface area contributed by atoms with E-state index in [4.69, 9.17) is 9.84 Å². The molecule has 0 spiro atoms. The van der Waals surface area contributed by atoms with E-state index < -0.39 is 0 Å². The Morgan fingerprint density at radius 2 is 2.06 bits per heavy atom. The van der Waals surface area contributed by atoms with Crippen molar-refractivity contribution in [3.8, 4) is 5.75 Å². The van der Waals surface area contributed by atoms with Crippen molar-refractivity contribution in [1.29, 1.82) is 0 Å². The molecule has 2 atom stereocenters. The summed E-state index contributed by atoms with van der Waals surface area (Å²) in [5, 5.41) is 12.5. The van der Waals surface area contributed by atoms with Crippen LogP contribution in [0.25, 0.3) is 0 Å². The van der Waals surface area contributed by atoms with E-state index in [9.17, 15) is 0 Å². The van der Waals surface area contributed by atoms with Crippen molar-refractivity contribution in [2.24, 2.45) is 5.92 Å². The van der Waals surface area contributed by atoms with Gasteiger partial charge in [0.2, 0.25) is 0 Å². The summed E-state index contributed by atoms with van der Waals surface area (Å²) in [5.41, 5.74) is 2.38.